The number of rotatable bonds is 5. The molecule has 1 heterocycles. The van der Waals surface area contributed by atoms with Gasteiger partial charge in [-0.2, -0.15) is 0 Å². The van der Waals surface area contributed by atoms with E-state index in [1.807, 2.05) is 32.9 Å². The van der Waals surface area contributed by atoms with Crippen LogP contribution in [0.1, 0.15) is 46.8 Å². The maximum atomic E-state index is 12.7. The molecular formula is C22H22O4. The van der Waals surface area contributed by atoms with E-state index in [0.717, 1.165) is 24.0 Å². The smallest absolute Gasteiger partial charge is 0.343 e. The SMILES string of the molecule is CCCCc1c(OC(=O)c2ccc(C)c(C)c2)c2ccccc2oc1=O. The zero-order valence-corrected chi connectivity index (χ0v) is 15.3. The second kappa shape index (κ2) is 7.56. The maximum Gasteiger partial charge on any atom is 0.343 e. The van der Waals surface area contributed by atoms with E-state index >= 15 is 0 Å². The molecule has 3 aromatic rings. The first-order chi connectivity index (χ1) is 12.5. The van der Waals surface area contributed by atoms with Crippen LogP contribution in [-0.2, 0) is 6.42 Å². The Morgan fingerprint density at radius 2 is 1.85 bits per heavy atom. The molecule has 4 nitrogen and oxygen atoms in total. The second-order valence-electron chi connectivity index (χ2n) is 6.49. The van der Waals surface area contributed by atoms with Gasteiger partial charge in [0.25, 0.3) is 0 Å². The van der Waals surface area contributed by atoms with Gasteiger partial charge >= 0.3 is 11.6 Å². The molecule has 0 unspecified atom stereocenters. The third-order valence-corrected chi connectivity index (χ3v) is 4.57. The molecule has 0 spiro atoms. The van der Waals surface area contributed by atoms with Crippen LogP contribution in [0.25, 0.3) is 11.0 Å². The third-order valence-electron chi connectivity index (χ3n) is 4.57. The average Bonchev–Trinajstić information content (AvgIpc) is 2.63. The van der Waals surface area contributed by atoms with E-state index in [4.69, 9.17) is 9.15 Å². The minimum atomic E-state index is -0.471. The van der Waals surface area contributed by atoms with Crippen LogP contribution in [-0.4, -0.2) is 5.97 Å². The highest BCUT2D eigenvalue weighted by molar-refractivity contribution is 5.94. The average molecular weight is 350 g/mol. The Hall–Kier alpha value is -2.88. The summed E-state index contributed by atoms with van der Waals surface area (Å²) in [6.45, 7) is 5.98. The van der Waals surface area contributed by atoms with Gasteiger partial charge in [0.15, 0.2) is 5.75 Å². The van der Waals surface area contributed by atoms with E-state index in [1.54, 1.807) is 30.3 Å². The van der Waals surface area contributed by atoms with E-state index < -0.39 is 11.6 Å². The van der Waals surface area contributed by atoms with Crippen LogP contribution in [0.2, 0.25) is 0 Å². The maximum absolute atomic E-state index is 12.7. The molecule has 0 atom stereocenters. The molecule has 1 aromatic heterocycles. The first-order valence-electron chi connectivity index (χ1n) is 8.85. The predicted octanol–water partition coefficient (Wildman–Crippen LogP) is 4.97. The molecule has 0 aliphatic heterocycles. The molecule has 4 heteroatoms. The van der Waals surface area contributed by atoms with Crippen molar-refractivity contribution in [3.05, 3.63) is 75.1 Å². The van der Waals surface area contributed by atoms with Crippen molar-refractivity contribution in [2.75, 3.05) is 0 Å². The topological polar surface area (TPSA) is 56.5 Å². The number of unbranched alkanes of at least 4 members (excludes halogenated alkanes) is 1. The minimum Gasteiger partial charge on any atom is -0.422 e. The number of benzene rings is 2. The molecule has 134 valence electrons. The summed E-state index contributed by atoms with van der Waals surface area (Å²) in [6.07, 6.45) is 2.26. The number of aryl methyl sites for hydroxylation is 2. The van der Waals surface area contributed by atoms with Gasteiger partial charge < -0.3 is 9.15 Å². The van der Waals surface area contributed by atoms with Crippen LogP contribution in [0.5, 0.6) is 5.75 Å². The summed E-state index contributed by atoms with van der Waals surface area (Å²) in [5.41, 5.74) is 2.98. The zero-order chi connectivity index (χ0) is 18.7. The Balaban J connectivity index is 2.08. The number of carbonyl (C=O) groups excluding carboxylic acids is 1. The summed E-state index contributed by atoms with van der Waals surface area (Å²) in [4.78, 5) is 25.1. The van der Waals surface area contributed by atoms with Crippen molar-refractivity contribution in [2.45, 2.75) is 40.0 Å². The van der Waals surface area contributed by atoms with Crippen molar-refractivity contribution in [3.8, 4) is 5.75 Å². The number of ether oxygens (including phenoxy) is 1. The minimum absolute atomic E-state index is 0.313. The number of fused-ring (bicyclic) bond motifs is 1. The molecule has 2 aromatic carbocycles. The first kappa shape index (κ1) is 17.9. The number of carbonyl (C=O) groups is 1. The van der Waals surface area contributed by atoms with Crippen molar-refractivity contribution in [1.29, 1.82) is 0 Å². The Bertz CT molecular complexity index is 1010. The van der Waals surface area contributed by atoms with Crippen molar-refractivity contribution in [1.82, 2.24) is 0 Å². The fraction of sp³-hybridized carbons (Fsp3) is 0.273. The quantitative estimate of drug-likeness (QED) is 0.481. The molecule has 0 bridgehead atoms. The number of hydrogen-bond acceptors (Lipinski definition) is 4. The molecule has 0 saturated heterocycles. The third kappa shape index (κ3) is 3.54. The Morgan fingerprint density at radius 3 is 2.58 bits per heavy atom. The zero-order valence-electron chi connectivity index (χ0n) is 15.3. The standard InChI is InChI=1S/C22H22O4/c1-4-5-8-18-20(17-9-6-7-10-19(17)25-22(18)24)26-21(23)16-12-11-14(2)15(3)13-16/h6-7,9-13H,4-5,8H2,1-3H3. The van der Waals surface area contributed by atoms with Crippen molar-refractivity contribution in [3.63, 3.8) is 0 Å². The highest BCUT2D eigenvalue weighted by Crippen LogP contribution is 2.29. The van der Waals surface area contributed by atoms with Gasteiger partial charge in [-0.05, 0) is 62.1 Å². The van der Waals surface area contributed by atoms with Crippen LogP contribution in [0.15, 0.2) is 51.7 Å². The molecule has 3 rings (SSSR count). The molecule has 0 radical (unpaired) electrons. The molecule has 26 heavy (non-hydrogen) atoms. The number of para-hydroxylation sites is 1. The highest BCUT2D eigenvalue weighted by atomic mass is 16.5. The molecule has 0 aliphatic rings. The summed E-state index contributed by atoms with van der Waals surface area (Å²) >= 11 is 0. The molecule has 0 N–H and O–H groups in total. The van der Waals surface area contributed by atoms with Gasteiger partial charge in [-0.25, -0.2) is 9.59 Å². The summed E-state index contributed by atoms with van der Waals surface area (Å²) < 4.78 is 11.1. The lowest BCUT2D eigenvalue weighted by Gasteiger charge is -2.12. The summed E-state index contributed by atoms with van der Waals surface area (Å²) in [7, 11) is 0. The summed E-state index contributed by atoms with van der Waals surface area (Å²) in [6, 6.07) is 12.6. The number of esters is 1. The van der Waals surface area contributed by atoms with Crippen LogP contribution >= 0.6 is 0 Å². The van der Waals surface area contributed by atoms with Gasteiger partial charge in [0.2, 0.25) is 0 Å². The Labute approximate surface area is 152 Å². The van der Waals surface area contributed by atoms with Crippen LogP contribution in [0.4, 0.5) is 0 Å². The molecule has 0 aliphatic carbocycles. The van der Waals surface area contributed by atoms with Gasteiger partial charge in [0, 0.05) is 0 Å². The lowest BCUT2D eigenvalue weighted by molar-refractivity contribution is 0.0734. The number of hydrogen-bond donors (Lipinski definition) is 0. The lowest BCUT2D eigenvalue weighted by Crippen LogP contribution is -2.16. The molecule has 0 fully saturated rings. The van der Waals surface area contributed by atoms with Crippen LogP contribution < -0.4 is 10.4 Å². The Kier molecular flexibility index (Phi) is 5.21. The highest BCUT2D eigenvalue weighted by Gasteiger charge is 2.19. The van der Waals surface area contributed by atoms with Crippen LogP contribution in [0.3, 0.4) is 0 Å². The largest absolute Gasteiger partial charge is 0.422 e. The van der Waals surface area contributed by atoms with Crippen LogP contribution in [0, 0.1) is 13.8 Å². The Morgan fingerprint density at radius 1 is 1.08 bits per heavy atom. The van der Waals surface area contributed by atoms with E-state index in [9.17, 15) is 9.59 Å². The fourth-order valence-electron chi connectivity index (χ4n) is 2.87. The monoisotopic (exact) mass is 350 g/mol. The predicted molar refractivity (Wildman–Crippen MR) is 102 cm³/mol. The van der Waals surface area contributed by atoms with Gasteiger partial charge in [0.1, 0.15) is 5.58 Å². The normalized spacial score (nSPS) is 10.9. The van der Waals surface area contributed by atoms with E-state index in [1.165, 1.54) is 0 Å². The van der Waals surface area contributed by atoms with Crippen molar-refractivity contribution in [2.24, 2.45) is 0 Å². The second-order valence-corrected chi connectivity index (χ2v) is 6.49. The van der Waals surface area contributed by atoms with Gasteiger partial charge in [0.05, 0.1) is 16.5 Å². The lowest BCUT2D eigenvalue weighted by atomic mass is 10.1. The van der Waals surface area contributed by atoms with E-state index in [0.29, 0.717) is 34.3 Å². The van der Waals surface area contributed by atoms with Gasteiger partial charge in [-0.3, -0.25) is 0 Å². The van der Waals surface area contributed by atoms with Crippen molar-refractivity contribution < 1.29 is 13.9 Å². The van der Waals surface area contributed by atoms with E-state index in [-0.39, 0.29) is 0 Å². The fourth-order valence-corrected chi connectivity index (χ4v) is 2.87. The van der Waals surface area contributed by atoms with Crippen molar-refractivity contribution >= 4 is 16.9 Å². The van der Waals surface area contributed by atoms with Gasteiger partial charge in [-0.1, -0.05) is 31.5 Å². The van der Waals surface area contributed by atoms with E-state index in [2.05, 4.69) is 0 Å². The summed E-state index contributed by atoms with van der Waals surface area (Å²) in [5, 5.41) is 0.635. The molecular weight excluding hydrogens is 328 g/mol. The molecule has 0 amide bonds. The summed E-state index contributed by atoms with van der Waals surface area (Å²) in [5.74, 6) is -0.157. The molecule has 0 saturated carbocycles. The first-order valence-corrected chi connectivity index (χ1v) is 8.85. The van der Waals surface area contributed by atoms with Gasteiger partial charge in [-0.15, -0.1) is 0 Å².